The predicted octanol–water partition coefficient (Wildman–Crippen LogP) is 3.41. The molecular weight excluding hydrogens is 370 g/mol. The maximum Gasteiger partial charge on any atom is 0.315 e. The molecule has 6 nitrogen and oxygen atoms in total. The minimum atomic E-state index is -1.18. The molecular formula is C23H27NO5. The Morgan fingerprint density at radius 3 is 2.66 bits per heavy atom. The molecule has 2 aromatic rings. The van der Waals surface area contributed by atoms with E-state index < -0.39 is 11.4 Å². The van der Waals surface area contributed by atoms with Crippen LogP contribution < -0.4 is 10.1 Å². The summed E-state index contributed by atoms with van der Waals surface area (Å²) < 4.78 is 11.3. The normalized spacial score (nSPS) is 18.0. The van der Waals surface area contributed by atoms with Crippen LogP contribution in [0.1, 0.15) is 42.1 Å². The zero-order valence-electron chi connectivity index (χ0n) is 16.6. The standard InChI is InChI=1S/C23H27NO5/c1-2-23(22(26)27,18-9-4-3-5-10-18)16-24-21(25)17-8-6-11-19(14-17)29-15-20-12-7-13-28-20/h3-6,8-11,14,20H,2,7,12-13,15-16H2,1H3,(H,24,25)(H,26,27). The molecule has 2 aromatic carbocycles. The van der Waals surface area contributed by atoms with E-state index in [9.17, 15) is 14.7 Å². The highest BCUT2D eigenvalue weighted by Crippen LogP contribution is 2.28. The summed E-state index contributed by atoms with van der Waals surface area (Å²) in [4.78, 5) is 24.8. The quantitative estimate of drug-likeness (QED) is 0.677. The molecule has 29 heavy (non-hydrogen) atoms. The van der Waals surface area contributed by atoms with Gasteiger partial charge in [-0.2, -0.15) is 0 Å². The fourth-order valence-electron chi connectivity index (χ4n) is 3.56. The molecule has 1 amide bonds. The van der Waals surface area contributed by atoms with E-state index in [1.165, 1.54) is 0 Å². The van der Waals surface area contributed by atoms with Crippen LogP contribution >= 0.6 is 0 Å². The molecule has 3 rings (SSSR count). The molecule has 0 saturated carbocycles. The first kappa shape index (κ1) is 20.9. The lowest BCUT2D eigenvalue weighted by atomic mass is 9.78. The van der Waals surface area contributed by atoms with Crippen molar-refractivity contribution in [2.24, 2.45) is 0 Å². The number of carboxylic acids is 1. The van der Waals surface area contributed by atoms with Gasteiger partial charge in [-0.1, -0.05) is 43.3 Å². The van der Waals surface area contributed by atoms with Gasteiger partial charge in [0.2, 0.25) is 0 Å². The first-order valence-electron chi connectivity index (χ1n) is 9.97. The molecule has 1 aliphatic rings. The number of nitrogens with one attached hydrogen (secondary N) is 1. The first-order valence-corrected chi connectivity index (χ1v) is 9.97. The summed E-state index contributed by atoms with van der Waals surface area (Å²) in [7, 11) is 0. The molecule has 154 valence electrons. The molecule has 0 aromatic heterocycles. The van der Waals surface area contributed by atoms with Gasteiger partial charge in [-0.15, -0.1) is 0 Å². The van der Waals surface area contributed by atoms with Gasteiger partial charge in [-0.05, 0) is 43.0 Å². The zero-order chi connectivity index (χ0) is 20.7. The fourth-order valence-corrected chi connectivity index (χ4v) is 3.56. The molecule has 6 heteroatoms. The van der Waals surface area contributed by atoms with Crippen LogP contribution in [0.2, 0.25) is 0 Å². The van der Waals surface area contributed by atoms with E-state index in [4.69, 9.17) is 9.47 Å². The molecule has 0 bridgehead atoms. The second kappa shape index (κ2) is 9.56. The lowest BCUT2D eigenvalue weighted by Gasteiger charge is -2.29. The third-order valence-electron chi connectivity index (χ3n) is 5.45. The van der Waals surface area contributed by atoms with Crippen molar-refractivity contribution in [1.82, 2.24) is 5.32 Å². The Hall–Kier alpha value is -2.86. The molecule has 1 saturated heterocycles. The summed E-state index contributed by atoms with van der Waals surface area (Å²) >= 11 is 0. The van der Waals surface area contributed by atoms with Crippen LogP contribution in [-0.4, -0.2) is 42.8 Å². The number of rotatable bonds is 9. The van der Waals surface area contributed by atoms with Crippen LogP contribution in [0.4, 0.5) is 0 Å². The van der Waals surface area contributed by atoms with Gasteiger partial charge < -0.3 is 19.9 Å². The maximum absolute atomic E-state index is 12.7. The second-order valence-electron chi connectivity index (χ2n) is 7.26. The fraction of sp³-hybridized carbons (Fsp3) is 0.391. The number of benzene rings is 2. The van der Waals surface area contributed by atoms with E-state index >= 15 is 0 Å². The number of carbonyl (C=O) groups excluding carboxylic acids is 1. The van der Waals surface area contributed by atoms with Crippen molar-refractivity contribution >= 4 is 11.9 Å². The van der Waals surface area contributed by atoms with Gasteiger partial charge >= 0.3 is 5.97 Å². The third-order valence-corrected chi connectivity index (χ3v) is 5.45. The summed E-state index contributed by atoms with van der Waals surface area (Å²) in [5, 5.41) is 12.7. The van der Waals surface area contributed by atoms with Crippen LogP contribution in [0.25, 0.3) is 0 Å². The zero-order valence-corrected chi connectivity index (χ0v) is 16.6. The van der Waals surface area contributed by atoms with Crippen molar-refractivity contribution in [2.45, 2.75) is 37.7 Å². The highest BCUT2D eigenvalue weighted by Gasteiger charge is 2.39. The molecule has 0 spiro atoms. The number of carboxylic acid groups (broad SMARTS) is 1. The lowest BCUT2D eigenvalue weighted by molar-refractivity contribution is -0.143. The number of hydrogen-bond acceptors (Lipinski definition) is 4. The largest absolute Gasteiger partial charge is 0.491 e. The Kier molecular flexibility index (Phi) is 6.88. The van der Waals surface area contributed by atoms with E-state index in [2.05, 4.69) is 5.32 Å². The molecule has 1 fully saturated rings. The van der Waals surface area contributed by atoms with Gasteiger partial charge in [0.25, 0.3) is 5.91 Å². The van der Waals surface area contributed by atoms with Crippen molar-refractivity contribution in [3.05, 3.63) is 65.7 Å². The molecule has 2 N–H and O–H groups in total. The average Bonchev–Trinajstić information content (AvgIpc) is 3.27. The highest BCUT2D eigenvalue weighted by atomic mass is 16.5. The average molecular weight is 397 g/mol. The summed E-state index contributed by atoms with van der Waals surface area (Å²) in [5.41, 5.74) is -0.0765. The van der Waals surface area contributed by atoms with Gasteiger partial charge in [0.05, 0.1) is 6.10 Å². The SMILES string of the molecule is CCC(CNC(=O)c1cccc(OCC2CCCO2)c1)(C(=O)O)c1ccccc1. The molecule has 1 aliphatic heterocycles. The van der Waals surface area contributed by atoms with E-state index in [0.717, 1.165) is 19.4 Å². The number of carbonyl (C=O) groups is 2. The molecule has 2 unspecified atom stereocenters. The maximum atomic E-state index is 12.7. The number of hydrogen-bond donors (Lipinski definition) is 2. The molecule has 2 atom stereocenters. The molecule has 0 radical (unpaired) electrons. The summed E-state index contributed by atoms with van der Waals surface area (Å²) in [6.07, 6.45) is 2.48. The number of ether oxygens (including phenoxy) is 2. The first-order chi connectivity index (χ1) is 14.0. The van der Waals surface area contributed by atoms with Gasteiger partial charge in [0, 0.05) is 18.7 Å². The predicted molar refractivity (Wildman–Crippen MR) is 109 cm³/mol. The Balaban J connectivity index is 1.67. The van der Waals surface area contributed by atoms with Crippen molar-refractivity contribution in [3.63, 3.8) is 0 Å². The van der Waals surface area contributed by atoms with Gasteiger partial charge in [0.1, 0.15) is 17.8 Å². The highest BCUT2D eigenvalue weighted by molar-refractivity contribution is 5.95. The lowest BCUT2D eigenvalue weighted by Crippen LogP contribution is -2.46. The van der Waals surface area contributed by atoms with Gasteiger partial charge in [-0.25, -0.2) is 0 Å². The Morgan fingerprint density at radius 2 is 2.00 bits per heavy atom. The van der Waals surface area contributed by atoms with Gasteiger partial charge in [0.15, 0.2) is 0 Å². The van der Waals surface area contributed by atoms with E-state index in [1.807, 2.05) is 13.0 Å². The summed E-state index contributed by atoms with van der Waals surface area (Å²) in [6.45, 7) is 3.03. The van der Waals surface area contributed by atoms with Crippen molar-refractivity contribution in [2.75, 3.05) is 19.8 Å². The minimum Gasteiger partial charge on any atom is -0.491 e. The van der Waals surface area contributed by atoms with Crippen LogP contribution in [0, 0.1) is 0 Å². The molecule has 0 aliphatic carbocycles. The van der Waals surface area contributed by atoms with Crippen LogP contribution in [0.5, 0.6) is 5.75 Å². The van der Waals surface area contributed by atoms with Crippen molar-refractivity contribution < 1.29 is 24.2 Å². The number of amides is 1. The topological polar surface area (TPSA) is 84.9 Å². The van der Waals surface area contributed by atoms with Crippen LogP contribution in [0.15, 0.2) is 54.6 Å². The van der Waals surface area contributed by atoms with Gasteiger partial charge in [-0.3, -0.25) is 9.59 Å². The van der Waals surface area contributed by atoms with E-state index in [0.29, 0.717) is 29.9 Å². The minimum absolute atomic E-state index is 0.00266. The summed E-state index contributed by atoms with van der Waals surface area (Å²) in [5.74, 6) is -0.695. The third kappa shape index (κ3) is 4.95. The van der Waals surface area contributed by atoms with Crippen molar-refractivity contribution in [1.29, 1.82) is 0 Å². The molecule has 1 heterocycles. The second-order valence-corrected chi connectivity index (χ2v) is 7.26. The Labute approximate surface area is 170 Å². The Bertz CT molecular complexity index is 832. The van der Waals surface area contributed by atoms with Crippen molar-refractivity contribution in [3.8, 4) is 5.75 Å². The van der Waals surface area contributed by atoms with Crippen LogP contribution in [0.3, 0.4) is 0 Å². The van der Waals surface area contributed by atoms with Crippen LogP contribution in [-0.2, 0) is 14.9 Å². The van der Waals surface area contributed by atoms with E-state index in [-0.39, 0.29) is 18.6 Å². The monoisotopic (exact) mass is 397 g/mol. The van der Waals surface area contributed by atoms with E-state index in [1.54, 1.807) is 48.5 Å². The Morgan fingerprint density at radius 1 is 1.21 bits per heavy atom. The number of aliphatic carboxylic acids is 1. The summed E-state index contributed by atoms with van der Waals surface area (Å²) in [6, 6.07) is 15.9. The smallest absolute Gasteiger partial charge is 0.315 e.